The van der Waals surface area contributed by atoms with E-state index in [0.29, 0.717) is 11.4 Å². The van der Waals surface area contributed by atoms with Crippen LogP contribution < -0.4 is 0 Å². The molecule has 0 bridgehead atoms. The van der Waals surface area contributed by atoms with E-state index in [1.807, 2.05) is 29.7 Å². The normalized spacial score (nSPS) is 10.6. The number of imidazole rings is 1. The predicted molar refractivity (Wildman–Crippen MR) is 69.3 cm³/mol. The highest BCUT2D eigenvalue weighted by molar-refractivity contribution is 6.31. The van der Waals surface area contributed by atoms with E-state index in [-0.39, 0.29) is 6.42 Å². The molecule has 0 unspecified atom stereocenters. The smallest absolute Gasteiger partial charge is 0.303 e. The summed E-state index contributed by atoms with van der Waals surface area (Å²) < 4.78 is 1.86. The highest BCUT2D eigenvalue weighted by atomic mass is 35.5. The van der Waals surface area contributed by atoms with Gasteiger partial charge in [-0.2, -0.15) is 0 Å². The number of halogens is 1. The van der Waals surface area contributed by atoms with Gasteiger partial charge in [-0.25, -0.2) is 4.98 Å². The number of carbonyl (C=O) groups is 1. The van der Waals surface area contributed by atoms with Crippen molar-refractivity contribution >= 4 is 17.6 Å². The number of aliphatic carboxylic acids is 1. The largest absolute Gasteiger partial charge is 0.481 e. The highest BCUT2D eigenvalue weighted by Gasteiger charge is 2.08. The fourth-order valence-corrected chi connectivity index (χ4v) is 1.88. The van der Waals surface area contributed by atoms with Crippen LogP contribution in [-0.2, 0) is 11.2 Å². The Kier molecular flexibility index (Phi) is 3.67. The van der Waals surface area contributed by atoms with Gasteiger partial charge in [0, 0.05) is 29.5 Å². The maximum atomic E-state index is 10.6. The third-order valence-electron chi connectivity index (χ3n) is 2.71. The molecule has 1 aromatic heterocycles. The minimum Gasteiger partial charge on any atom is -0.481 e. The van der Waals surface area contributed by atoms with Gasteiger partial charge < -0.3 is 9.67 Å². The summed E-state index contributed by atoms with van der Waals surface area (Å²) in [6.45, 7) is 1.94. The summed E-state index contributed by atoms with van der Waals surface area (Å²) in [5.74, 6) is -0.108. The Hall–Kier alpha value is -1.81. The maximum absolute atomic E-state index is 10.6. The summed E-state index contributed by atoms with van der Waals surface area (Å²) >= 11 is 6.08. The molecule has 0 aliphatic carbocycles. The molecule has 94 valence electrons. The van der Waals surface area contributed by atoms with Crippen LogP contribution in [0.3, 0.4) is 0 Å². The summed E-state index contributed by atoms with van der Waals surface area (Å²) in [6, 6.07) is 5.72. The molecule has 0 saturated heterocycles. The Morgan fingerprint density at radius 2 is 2.28 bits per heavy atom. The molecule has 2 aromatic rings. The molecule has 4 nitrogen and oxygen atoms in total. The van der Waals surface area contributed by atoms with E-state index in [4.69, 9.17) is 16.7 Å². The minimum atomic E-state index is -0.827. The van der Waals surface area contributed by atoms with Gasteiger partial charge in [-0.1, -0.05) is 17.7 Å². The van der Waals surface area contributed by atoms with E-state index in [2.05, 4.69) is 4.98 Å². The number of aromatic nitrogens is 2. The van der Waals surface area contributed by atoms with Crippen LogP contribution in [0.2, 0.25) is 5.02 Å². The van der Waals surface area contributed by atoms with Crippen LogP contribution in [0, 0.1) is 6.92 Å². The molecule has 0 atom stereocenters. The highest BCUT2D eigenvalue weighted by Crippen LogP contribution is 2.20. The average Bonchev–Trinajstić information content (AvgIpc) is 2.78. The second-order valence-corrected chi connectivity index (χ2v) is 4.45. The van der Waals surface area contributed by atoms with Crippen LogP contribution in [0.5, 0.6) is 0 Å². The van der Waals surface area contributed by atoms with Crippen LogP contribution in [0.15, 0.2) is 30.6 Å². The first-order valence-corrected chi connectivity index (χ1v) is 5.96. The number of nitrogens with zero attached hydrogens (tertiary/aromatic N) is 2. The van der Waals surface area contributed by atoms with Crippen molar-refractivity contribution in [1.82, 2.24) is 9.55 Å². The first-order valence-electron chi connectivity index (χ1n) is 5.58. The van der Waals surface area contributed by atoms with Gasteiger partial charge in [0.2, 0.25) is 0 Å². The summed E-state index contributed by atoms with van der Waals surface area (Å²) in [4.78, 5) is 14.8. The van der Waals surface area contributed by atoms with Gasteiger partial charge >= 0.3 is 5.97 Å². The molecular formula is C13H13ClN2O2. The summed E-state index contributed by atoms with van der Waals surface area (Å²) in [5, 5.41) is 9.38. The van der Waals surface area contributed by atoms with Crippen LogP contribution in [0.1, 0.15) is 17.8 Å². The lowest BCUT2D eigenvalue weighted by atomic mass is 10.2. The molecule has 2 rings (SSSR count). The van der Waals surface area contributed by atoms with Crippen LogP contribution >= 0.6 is 11.6 Å². The van der Waals surface area contributed by atoms with Crippen LogP contribution in [0.4, 0.5) is 0 Å². The van der Waals surface area contributed by atoms with E-state index in [0.717, 1.165) is 17.1 Å². The molecular weight excluding hydrogens is 252 g/mol. The van der Waals surface area contributed by atoms with Crippen molar-refractivity contribution in [3.05, 3.63) is 47.0 Å². The zero-order chi connectivity index (χ0) is 13.1. The van der Waals surface area contributed by atoms with Gasteiger partial charge in [0.15, 0.2) is 0 Å². The van der Waals surface area contributed by atoms with Gasteiger partial charge in [-0.05, 0) is 24.6 Å². The van der Waals surface area contributed by atoms with E-state index >= 15 is 0 Å². The van der Waals surface area contributed by atoms with Gasteiger partial charge in [0.05, 0.1) is 6.42 Å². The number of aryl methyl sites for hydroxylation is 2. The summed E-state index contributed by atoms with van der Waals surface area (Å²) in [7, 11) is 0. The second-order valence-electron chi connectivity index (χ2n) is 4.04. The minimum absolute atomic E-state index is 0.0661. The molecule has 0 saturated carbocycles. The van der Waals surface area contributed by atoms with E-state index in [1.165, 1.54) is 0 Å². The summed E-state index contributed by atoms with van der Waals surface area (Å²) in [6.07, 6.45) is 3.92. The first kappa shape index (κ1) is 12.6. The van der Waals surface area contributed by atoms with E-state index < -0.39 is 5.97 Å². The molecule has 0 fully saturated rings. The van der Waals surface area contributed by atoms with Gasteiger partial charge in [-0.15, -0.1) is 0 Å². The third kappa shape index (κ3) is 2.71. The number of carboxylic acid groups (broad SMARTS) is 1. The topological polar surface area (TPSA) is 55.1 Å². The standard InChI is InChI=1S/C13H13ClN2O2/c1-9-2-3-10(8-11(9)14)16-7-6-15-12(16)4-5-13(17)18/h2-3,6-8H,4-5H2,1H3,(H,17,18). The number of carboxylic acids is 1. The Morgan fingerprint density at radius 1 is 1.50 bits per heavy atom. The lowest BCUT2D eigenvalue weighted by Crippen LogP contribution is -2.04. The first-order chi connectivity index (χ1) is 8.58. The van der Waals surface area contributed by atoms with Crippen LogP contribution in [0.25, 0.3) is 5.69 Å². The Morgan fingerprint density at radius 3 is 2.94 bits per heavy atom. The molecule has 0 aliphatic heterocycles. The molecule has 0 spiro atoms. The lowest BCUT2D eigenvalue weighted by molar-refractivity contribution is -0.137. The Bertz CT molecular complexity index is 578. The van der Waals surface area contributed by atoms with Crippen molar-refractivity contribution < 1.29 is 9.90 Å². The fourth-order valence-electron chi connectivity index (χ4n) is 1.70. The monoisotopic (exact) mass is 264 g/mol. The maximum Gasteiger partial charge on any atom is 0.303 e. The van der Waals surface area contributed by atoms with Crippen molar-refractivity contribution in [2.45, 2.75) is 19.8 Å². The fraction of sp³-hybridized carbons (Fsp3) is 0.231. The van der Waals surface area contributed by atoms with Crippen molar-refractivity contribution in [1.29, 1.82) is 0 Å². The average molecular weight is 265 g/mol. The van der Waals surface area contributed by atoms with Crippen molar-refractivity contribution in [2.24, 2.45) is 0 Å². The molecule has 1 aromatic carbocycles. The van der Waals surface area contributed by atoms with Crippen molar-refractivity contribution in [3.63, 3.8) is 0 Å². The molecule has 1 N–H and O–H groups in total. The molecule has 1 heterocycles. The lowest BCUT2D eigenvalue weighted by Gasteiger charge is -2.08. The van der Waals surface area contributed by atoms with Crippen molar-refractivity contribution in [2.75, 3.05) is 0 Å². The van der Waals surface area contributed by atoms with E-state index in [9.17, 15) is 4.79 Å². The number of hydrogen-bond donors (Lipinski definition) is 1. The molecule has 18 heavy (non-hydrogen) atoms. The molecule has 0 radical (unpaired) electrons. The van der Waals surface area contributed by atoms with Gasteiger partial charge in [0.1, 0.15) is 5.82 Å². The molecule has 5 heteroatoms. The Balaban J connectivity index is 2.30. The number of rotatable bonds is 4. The third-order valence-corrected chi connectivity index (χ3v) is 3.12. The zero-order valence-corrected chi connectivity index (χ0v) is 10.7. The second kappa shape index (κ2) is 5.23. The predicted octanol–water partition coefficient (Wildman–Crippen LogP) is 2.85. The zero-order valence-electron chi connectivity index (χ0n) is 9.93. The number of benzene rings is 1. The quantitative estimate of drug-likeness (QED) is 0.924. The Labute approximate surface area is 110 Å². The SMILES string of the molecule is Cc1ccc(-n2ccnc2CCC(=O)O)cc1Cl. The van der Waals surface area contributed by atoms with Crippen molar-refractivity contribution in [3.8, 4) is 5.69 Å². The van der Waals surface area contributed by atoms with E-state index in [1.54, 1.807) is 12.4 Å². The van der Waals surface area contributed by atoms with Gasteiger partial charge in [-0.3, -0.25) is 4.79 Å². The van der Waals surface area contributed by atoms with Crippen LogP contribution in [-0.4, -0.2) is 20.6 Å². The number of hydrogen-bond acceptors (Lipinski definition) is 2. The molecule has 0 amide bonds. The van der Waals surface area contributed by atoms with Gasteiger partial charge in [0.25, 0.3) is 0 Å². The summed E-state index contributed by atoms with van der Waals surface area (Å²) in [5.41, 5.74) is 1.90. The molecule has 0 aliphatic rings.